The smallest absolute Gasteiger partial charge is 0.248 e. The van der Waals surface area contributed by atoms with E-state index in [1.807, 2.05) is 45.5 Å². The van der Waals surface area contributed by atoms with Crippen molar-refractivity contribution in [2.24, 2.45) is 0 Å². The number of alkyl halides is 1. The number of nitrogens with zero attached hydrogens (tertiary/aromatic N) is 7. The zero-order valence-electron chi connectivity index (χ0n) is 49.1. The number of sulfonamides is 2. The van der Waals surface area contributed by atoms with Crippen molar-refractivity contribution >= 4 is 127 Å². The number of allylic oxidation sites excluding steroid dienone is 2. The minimum absolute atomic E-state index is 0.00684. The molecule has 2 aromatic carbocycles. The molecule has 0 bridgehead atoms. The molecule has 28 heteroatoms. The number of aromatic nitrogens is 4. The summed E-state index contributed by atoms with van der Waals surface area (Å²) in [6.45, 7) is 14.9. The summed E-state index contributed by atoms with van der Waals surface area (Å²) >= 11 is 14.3. The number of nitrogen functional groups attached to an aromatic ring is 1. The van der Waals surface area contributed by atoms with Gasteiger partial charge in [0.15, 0.2) is 10.3 Å². The number of thiazole rings is 2. The van der Waals surface area contributed by atoms with Crippen molar-refractivity contribution in [2.45, 2.75) is 120 Å². The van der Waals surface area contributed by atoms with Gasteiger partial charge in [-0.05, 0) is 120 Å². The number of amides is 1. The molecule has 84 heavy (non-hydrogen) atoms. The molecule has 8 rings (SSSR count). The largest absolute Gasteiger partial charge is 0.444 e. The second kappa shape index (κ2) is 33.5. The number of thioether (sulfide) groups is 2. The van der Waals surface area contributed by atoms with Crippen molar-refractivity contribution in [1.82, 2.24) is 38.8 Å². The Labute approximate surface area is 525 Å². The topological polar surface area (TPSA) is 264 Å². The fraction of sp³-hybridized carbons (Fsp3) is 0.464. The molecule has 6 N–H and O–H groups in total. The molecule has 2 fully saturated rings. The number of nitrogens with one attached hydrogen (secondary N) is 4. The third kappa shape index (κ3) is 23.2. The molecule has 20 nitrogen and oxygen atoms in total. The Hall–Kier alpha value is -4.65. The molecule has 0 saturated carbocycles. The standard InChI is InChI=1S/C28H38N6O4S3.C22H29N5O3S3.C4H4BrClO.C2H7N/c1-28(2,3)23-16-29-25(38-23)19-39-26-17-30-27(40-26)32-21-8-6-15-34(18-21)41(36,37)22-12-10-20(11-13-22)31-24(35)9-7-14-33(4)5;1-22(2,3)18-11-24-19(30-18)14-31-20-12-25-21(32-20)26-16-5-4-10-27(13-16)33(28,29)17-8-6-15(23)7-9-17;5-3-1-2-4(6)7;1-3-2/h7,9-13,16-17,21H,6,8,14-15,18-19H2,1-5H3,(H,30,32)(H,31,35);6-9,11-12,16H,4-5,10,13-14,23H2,1-3H3,(H,25,26);1-2H,3H2;3H,1-2H3/b9-7+;;2-1+;/t21-;16-;;/m11../s1. The summed E-state index contributed by atoms with van der Waals surface area (Å²) in [7, 11) is 0.362. The van der Waals surface area contributed by atoms with Crippen molar-refractivity contribution in [3.05, 3.63) is 121 Å². The summed E-state index contributed by atoms with van der Waals surface area (Å²) in [5.74, 6) is 4.11. The van der Waals surface area contributed by atoms with Gasteiger partial charge in [0.05, 0.1) is 54.5 Å². The van der Waals surface area contributed by atoms with E-state index in [2.05, 4.69) is 98.7 Å². The lowest BCUT2D eigenvalue weighted by molar-refractivity contribution is -0.112. The second-order valence-corrected chi connectivity index (χ2v) is 31.1. The molecule has 4 aromatic heterocycles. The molecule has 6 aromatic rings. The number of carbonyl (C=O) groups excluding carboxylic acids is 2. The van der Waals surface area contributed by atoms with E-state index >= 15 is 0 Å². The fourth-order valence-corrected chi connectivity index (χ4v) is 14.7. The zero-order chi connectivity index (χ0) is 61.7. The highest BCUT2D eigenvalue weighted by Crippen LogP contribution is 2.35. The van der Waals surface area contributed by atoms with Crippen molar-refractivity contribution in [3.8, 4) is 0 Å². The molecule has 1 amide bonds. The first-order valence-corrected chi connectivity index (χ1v) is 34.9. The molecule has 0 radical (unpaired) electrons. The van der Waals surface area contributed by atoms with E-state index in [0.29, 0.717) is 72.7 Å². The van der Waals surface area contributed by atoms with E-state index in [1.165, 1.54) is 39.9 Å². The SMILES string of the molecule is CC(C)(C)c1cnc(CSc2cnc(N[C@@H]3CCCN(S(=O)(=O)c4ccc(N)cc4)C3)s2)o1.CN(C)C/C=C/C(=O)Nc1ccc(S(=O)(=O)N2CCC[C@@H](Nc3ncc(SCc4ncc(C(C)(C)C)o4)s3)C2)cc1.CNC.O=C(Cl)/C=C/CBr. The number of anilines is 4. The first kappa shape index (κ1) is 70.1. The van der Waals surface area contributed by atoms with E-state index in [1.54, 1.807) is 100 Å². The Kier molecular flexibility index (Phi) is 27.9. The van der Waals surface area contributed by atoms with Gasteiger partial charge in [-0.25, -0.2) is 36.8 Å². The summed E-state index contributed by atoms with van der Waals surface area (Å²) in [5, 5.41) is 14.1. The van der Waals surface area contributed by atoms with Crippen LogP contribution in [-0.2, 0) is 52.0 Å². The zero-order valence-corrected chi connectivity index (χ0v) is 56.3. The highest BCUT2D eigenvalue weighted by Gasteiger charge is 2.32. The number of hydrogen-bond donors (Lipinski definition) is 5. The molecule has 2 aliphatic heterocycles. The molecule has 2 atom stereocenters. The Morgan fingerprint density at radius 1 is 0.726 bits per heavy atom. The molecular formula is C56H78BrClN12O8S6. The van der Waals surface area contributed by atoms with Gasteiger partial charge in [-0.3, -0.25) is 9.59 Å². The summed E-state index contributed by atoms with van der Waals surface area (Å²) in [4.78, 5) is 42.1. The van der Waals surface area contributed by atoms with E-state index in [-0.39, 0.29) is 38.6 Å². The number of oxazole rings is 2. The van der Waals surface area contributed by atoms with Gasteiger partial charge in [-0.15, -0.1) is 23.5 Å². The maximum absolute atomic E-state index is 13.4. The predicted octanol–water partition coefficient (Wildman–Crippen LogP) is 11.1. The number of hydrogen-bond acceptors (Lipinski definition) is 21. The van der Waals surface area contributed by atoms with Crippen molar-refractivity contribution in [3.63, 3.8) is 0 Å². The van der Waals surface area contributed by atoms with Crippen LogP contribution in [-0.4, -0.2) is 140 Å². The molecule has 0 aliphatic carbocycles. The van der Waals surface area contributed by atoms with Gasteiger partial charge in [0.1, 0.15) is 11.5 Å². The van der Waals surface area contributed by atoms with Crippen LogP contribution in [0.5, 0.6) is 0 Å². The lowest BCUT2D eigenvalue weighted by Crippen LogP contribution is -2.45. The highest BCUT2D eigenvalue weighted by atomic mass is 79.9. The average Bonchev–Trinajstić information content (AvgIpc) is 4.35. The number of halogens is 2. The molecule has 0 unspecified atom stereocenters. The van der Waals surface area contributed by atoms with Crippen LogP contribution in [0.15, 0.2) is 125 Å². The lowest BCUT2D eigenvalue weighted by Gasteiger charge is -2.32. The van der Waals surface area contributed by atoms with E-state index in [0.717, 1.165) is 55.9 Å². The van der Waals surface area contributed by atoms with E-state index < -0.39 is 25.3 Å². The van der Waals surface area contributed by atoms with Crippen LogP contribution in [0.3, 0.4) is 0 Å². The number of piperidine rings is 2. The molecule has 0 spiro atoms. The van der Waals surface area contributed by atoms with Gasteiger partial charge < -0.3 is 40.7 Å². The van der Waals surface area contributed by atoms with Gasteiger partial charge in [-0.1, -0.05) is 92.3 Å². The summed E-state index contributed by atoms with van der Waals surface area (Å²) in [6.07, 6.45) is 16.7. The Morgan fingerprint density at radius 2 is 1.17 bits per heavy atom. The molecular weight excluding hydrogens is 1280 g/mol. The normalized spacial score (nSPS) is 16.3. The van der Waals surface area contributed by atoms with Gasteiger partial charge in [0.2, 0.25) is 43.0 Å². The van der Waals surface area contributed by atoms with Gasteiger partial charge >= 0.3 is 0 Å². The fourth-order valence-electron chi connectivity index (χ4n) is 7.74. The van der Waals surface area contributed by atoms with Crippen LogP contribution < -0.4 is 27.0 Å². The lowest BCUT2D eigenvalue weighted by atomic mass is 9.94. The summed E-state index contributed by atoms with van der Waals surface area (Å²) in [5.41, 5.74) is 6.64. The van der Waals surface area contributed by atoms with Crippen molar-refractivity contribution < 1.29 is 35.3 Å². The van der Waals surface area contributed by atoms with Gasteiger partial charge in [0.25, 0.3) is 0 Å². The Morgan fingerprint density at radius 3 is 1.55 bits per heavy atom. The third-order valence-corrected chi connectivity index (χ3v) is 20.5. The maximum atomic E-state index is 13.4. The van der Waals surface area contributed by atoms with Crippen LogP contribution in [0, 0.1) is 0 Å². The second-order valence-electron chi connectivity index (χ2n) is 21.6. The first-order chi connectivity index (χ1) is 39.7. The van der Waals surface area contributed by atoms with Crippen LogP contribution >= 0.6 is 73.7 Å². The van der Waals surface area contributed by atoms with Crippen LogP contribution in [0.4, 0.5) is 21.6 Å². The first-order valence-electron chi connectivity index (χ1n) is 26.9. The number of carbonyl (C=O) groups is 2. The van der Waals surface area contributed by atoms with Crippen LogP contribution in [0.2, 0.25) is 0 Å². The van der Waals surface area contributed by atoms with Gasteiger partial charge in [0, 0.05) is 78.4 Å². The number of rotatable bonds is 20. The van der Waals surface area contributed by atoms with Crippen molar-refractivity contribution in [2.75, 3.05) is 87.9 Å². The van der Waals surface area contributed by atoms with E-state index in [9.17, 15) is 26.4 Å². The Balaban J connectivity index is 0.000000269. The van der Waals surface area contributed by atoms with Crippen LogP contribution in [0.25, 0.3) is 0 Å². The predicted molar refractivity (Wildman–Crippen MR) is 347 cm³/mol. The van der Waals surface area contributed by atoms with Gasteiger partial charge in [-0.2, -0.15) is 8.61 Å². The quantitative estimate of drug-likeness (QED) is 0.0156. The Bertz CT molecular complexity index is 3290. The van der Waals surface area contributed by atoms with Crippen LogP contribution in [0.1, 0.15) is 90.5 Å². The minimum atomic E-state index is -3.68. The van der Waals surface area contributed by atoms with E-state index in [4.69, 9.17) is 26.2 Å². The summed E-state index contributed by atoms with van der Waals surface area (Å²) in [6, 6.07) is 12.6. The minimum Gasteiger partial charge on any atom is -0.444 e. The number of likely N-dealkylation sites (N-methyl/N-ethyl adjacent to an activating group) is 1. The molecule has 6 heterocycles. The maximum Gasteiger partial charge on any atom is 0.248 e. The number of benzene rings is 2. The molecule has 460 valence electrons. The average molecular weight is 1360 g/mol. The molecule has 2 saturated heterocycles. The summed E-state index contributed by atoms with van der Waals surface area (Å²) < 4.78 is 69.6. The van der Waals surface area contributed by atoms with Crippen molar-refractivity contribution in [1.29, 1.82) is 0 Å². The highest BCUT2D eigenvalue weighted by molar-refractivity contribution is 9.09. The number of nitrogens with two attached hydrogens (primary N) is 1. The monoisotopic (exact) mass is 1350 g/mol. The molecule has 2 aliphatic rings. The third-order valence-electron chi connectivity index (χ3n) is 12.0.